The summed E-state index contributed by atoms with van der Waals surface area (Å²) in [6, 6.07) is 15.1. The molecule has 3 unspecified atom stereocenters. The molecule has 1 fully saturated rings. The first kappa shape index (κ1) is 24.8. The average molecular weight is 479 g/mol. The summed E-state index contributed by atoms with van der Waals surface area (Å²) in [4.78, 5) is 39.0. The number of nitrogens with one attached hydrogen (secondary N) is 1. The Bertz CT molecular complexity index is 1040. The molecule has 35 heavy (non-hydrogen) atoms. The summed E-state index contributed by atoms with van der Waals surface area (Å²) >= 11 is 0. The summed E-state index contributed by atoms with van der Waals surface area (Å²) in [7, 11) is 0. The van der Waals surface area contributed by atoms with E-state index < -0.39 is 24.1 Å². The zero-order valence-corrected chi connectivity index (χ0v) is 20.4. The number of hydrogen-bond acceptors (Lipinski definition) is 4. The van der Waals surface area contributed by atoms with Crippen LogP contribution in [0.5, 0.6) is 0 Å². The van der Waals surface area contributed by atoms with Gasteiger partial charge in [-0.3, -0.25) is 4.79 Å². The molecule has 2 amide bonds. The summed E-state index contributed by atoms with van der Waals surface area (Å²) in [6.07, 6.45) is 2.47. The third kappa shape index (κ3) is 5.34. The molecule has 1 aliphatic carbocycles. The van der Waals surface area contributed by atoms with Gasteiger partial charge in [0.25, 0.3) is 0 Å². The number of carbonyl (C=O) groups is 3. The fourth-order valence-corrected chi connectivity index (χ4v) is 5.55. The van der Waals surface area contributed by atoms with Gasteiger partial charge in [-0.1, -0.05) is 68.8 Å². The first-order valence-electron chi connectivity index (χ1n) is 12.5. The number of rotatable bonds is 8. The Balaban J connectivity index is 1.38. The Kier molecular flexibility index (Phi) is 7.73. The van der Waals surface area contributed by atoms with Gasteiger partial charge in [-0.05, 0) is 47.4 Å². The lowest BCUT2D eigenvalue weighted by atomic mass is 9.90. The minimum Gasteiger partial charge on any atom is -0.480 e. The van der Waals surface area contributed by atoms with E-state index in [0.717, 1.165) is 41.5 Å². The van der Waals surface area contributed by atoms with Crippen molar-refractivity contribution >= 4 is 18.0 Å². The molecule has 3 atom stereocenters. The molecular formula is C28H34N2O5. The lowest BCUT2D eigenvalue weighted by Crippen LogP contribution is -2.53. The number of aliphatic carboxylic acids is 1. The highest BCUT2D eigenvalue weighted by Crippen LogP contribution is 2.44. The smallest absolute Gasteiger partial charge is 0.407 e. The molecular weight excluding hydrogens is 444 g/mol. The Hall–Kier alpha value is -3.35. The van der Waals surface area contributed by atoms with E-state index in [1.54, 1.807) is 0 Å². The van der Waals surface area contributed by atoms with Crippen LogP contribution in [-0.4, -0.2) is 53.2 Å². The summed E-state index contributed by atoms with van der Waals surface area (Å²) in [5.74, 6) is -1.33. The van der Waals surface area contributed by atoms with E-state index in [1.165, 1.54) is 4.90 Å². The van der Waals surface area contributed by atoms with Crippen LogP contribution in [0.1, 0.15) is 63.0 Å². The molecule has 0 aromatic heterocycles. The lowest BCUT2D eigenvalue weighted by molar-refractivity contribution is -0.154. The predicted octanol–water partition coefficient (Wildman–Crippen LogP) is 4.80. The highest BCUT2D eigenvalue weighted by Gasteiger charge is 2.37. The molecule has 1 heterocycles. The van der Waals surface area contributed by atoms with Crippen LogP contribution in [0.4, 0.5) is 4.79 Å². The number of fused-ring (bicyclic) bond motifs is 3. The van der Waals surface area contributed by atoms with Crippen LogP contribution in [-0.2, 0) is 14.3 Å². The van der Waals surface area contributed by atoms with Crippen molar-refractivity contribution in [1.82, 2.24) is 10.2 Å². The predicted molar refractivity (Wildman–Crippen MR) is 133 cm³/mol. The fourth-order valence-electron chi connectivity index (χ4n) is 5.55. The second-order valence-corrected chi connectivity index (χ2v) is 9.65. The van der Waals surface area contributed by atoms with Gasteiger partial charge in [0.1, 0.15) is 12.6 Å². The number of ether oxygens (including phenoxy) is 1. The minimum absolute atomic E-state index is 0.0365. The quantitative estimate of drug-likeness (QED) is 0.568. The molecule has 186 valence electrons. The molecule has 7 nitrogen and oxygen atoms in total. The number of carboxylic acids is 1. The van der Waals surface area contributed by atoms with E-state index >= 15 is 0 Å². The van der Waals surface area contributed by atoms with Gasteiger partial charge in [0.05, 0.1) is 0 Å². The van der Waals surface area contributed by atoms with Crippen molar-refractivity contribution < 1.29 is 24.2 Å². The van der Waals surface area contributed by atoms with Gasteiger partial charge < -0.3 is 20.1 Å². The van der Waals surface area contributed by atoms with Crippen LogP contribution >= 0.6 is 0 Å². The van der Waals surface area contributed by atoms with Crippen LogP contribution in [0.25, 0.3) is 11.1 Å². The summed E-state index contributed by atoms with van der Waals surface area (Å²) < 4.78 is 5.65. The number of alkyl carbamates (subject to hydrolysis) is 1. The van der Waals surface area contributed by atoms with Crippen LogP contribution in [0.3, 0.4) is 0 Å². The standard InChI is InChI=1S/C28H34N2O5/c1-3-9-19(16-25(31)30-15-8-10-18(2)26(30)27(32)33)29-28(34)35-17-24-22-13-6-4-11-20(22)21-12-5-7-14-23(21)24/h4-7,11-14,18-19,24,26H,3,8-10,15-17H2,1-2H3,(H,29,34)(H,32,33). The second-order valence-electron chi connectivity index (χ2n) is 9.65. The number of piperidine rings is 1. The van der Waals surface area contributed by atoms with Gasteiger partial charge in [-0.25, -0.2) is 9.59 Å². The molecule has 0 radical (unpaired) electrons. The minimum atomic E-state index is -0.970. The van der Waals surface area contributed by atoms with E-state index in [0.29, 0.717) is 13.0 Å². The third-order valence-electron chi connectivity index (χ3n) is 7.23. The van der Waals surface area contributed by atoms with Gasteiger partial charge in [-0.2, -0.15) is 0 Å². The van der Waals surface area contributed by atoms with Crippen molar-refractivity contribution in [3.8, 4) is 11.1 Å². The zero-order chi connectivity index (χ0) is 24.9. The summed E-state index contributed by atoms with van der Waals surface area (Å²) in [5.41, 5.74) is 4.60. The largest absolute Gasteiger partial charge is 0.480 e. The maximum absolute atomic E-state index is 13.0. The van der Waals surface area contributed by atoms with Gasteiger partial charge in [-0.15, -0.1) is 0 Å². The van der Waals surface area contributed by atoms with Gasteiger partial charge in [0, 0.05) is 24.9 Å². The van der Waals surface area contributed by atoms with E-state index in [1.807, 2.05) is 38.1 Å². The van der Waals surface area contributed by atoms with Crippen molar-refractivity contribution in [2.24, 2.45) is 5.92 Å². The number of carboxylic acid groups (broad SMARTS) is 1. The first-order valence-corrected chi connectivity index (χ1v) is 12.5. The SMILES string of the molecule is CCCC(CC(=O)N1CCCC(C)C1C(=O)O)NC(=O)OCC1c2ccccc2-c2ccccc21. The number of carbonyl (C=O) groups excluding carboxylic acids is 2. The molecule has 0 saturated carbocycles. The molecule has 2 aromatic carbocycles. The molecule has 7 heteroatoms. The van der Waals surface area contributed by atoms with Crippen molar-refractivity contribution in [3.63, 3.8) is 0 Å². The summed E-state index contributed by atoms with van der Waals surface area (Å²) in [6.45, 7) is 4.50. The van der Waals surface area contributed by atoms with Crippen molar-refractivity contribution in [2.75, 3.05) is 13.2 Å². The molecule has 2 aliphatic rings. The fraction of sp³-hybridized carbons (Fsp3) is 0.464. The second kappa shape index (κ2) is 10.9. The Labute approximate surface area is 206 Å². The first-order chi connectivity index (χ1) is 16.9. The van der Waals surface area contributed by atoms with Crippen LogP contribution < -0.4 is 5.32 Å². The van der Waals surface area contributed by atoms with E-state index in [-0.39, 0.29) is 30.8 Å². The zero-order valence-electron chi connectivity index (χ0n) is 20.4. The molecule has 0 bridgehead atoms. The molecule has 0 spiro atoms. The normalized spacial score (nSPS) is 20.0. The van der Waals surface area contributed by atoms with E-state index in [2.05, 4.69) is 29.6 Å². The number of benzene rings is 2. The van der Waals surface area contributed by atoms with Crippen LogP contribution in [0, 0.1) is 5.92 Å². The lowest BCUT2D eigenvalue weighted by Gasteiger charge is -2.38. The third-order valence-corrected chi connectivity index (χ3v) is 7.23. The molecule has 2 aromatic rings. The van der Waals surface area contributed by atoms with Gasteiger partial charge >= 0.3 is 12.1 Å². The Morgan fingerprint density at radius 2 is 1.71 bits per heavy atom. The highest BCUT2D eigenvalue weighted by molar-refractivity contribution is 5.85. The van der Waals surface area contributed by atoms with Crippen LogP contribution in [0.15, 0.2) is 48.5 Å². The van der Waals surface area contributed by atoms with Crippen LogP contribution in [0.2, 0.25) is 0 Å². The Morgan fingerprint density at radius 3 is 2.31 bits per heavy atom. The number of nitrogens with zero attached hydrogens (tertiary/aromatic N) is 1. The maximum Gasteiger partial charge on any atom is 0.407 e. The maximum atomic E-state index is 13.0. The molecule has 2 N–H and O–H groups in total. The van der Waals surface area contributed by atoms with Crippen molar-refractivity contribution in [3.05, 3.63) is 59.7 Å². The van der Waals surface area contributed by atoms with Gasteiger partial charge in [0.15, 0.2) is 0 Å². The Morgan fingerprint density at radius 1 is 1.09 bits per heavy atom. The summed E-state index contributed by atoms with van der Waals surface area (Å²) in [5, 5.41) is 12.5. The number of hydrogen-bond donors (Lipinski definition) is 2. The average Bonchev–Trinajstić information content (AvgIpc) is 3.16. The molecule has 4 rings (SSSR count). The highest BCUT2D eigenvalue weighted by atomic mass is 16.5. The van der Waals surface area contributed by atoms with Crippen molar-refractivity contribution in [1.29, 1.82) is 0 Å². The number of likely N-dealkylation sites (tertiary alicyclic amines) is 1. The number of amides is 2. The van der Waals surface area contributed by atoms with Gasteiger partial charge in [0.2, 0.25) is 5.91 Å². The molecule has 1 aliphatic heterocycles. The van der Waals surface area contributed by atoms with E-state index in [9.17, 15) is 19.5 Å². The topological polar surface area (TPSA) is 95.9 Å². The molecule has 1 saturated heterocycles. The van der Waals surface area contributed by atoms with E-state index in [4.69, 9.17) is 4.74 Å². The van der Waals surface area contributed by atoms with Crippen molar-refractivity contribution in [2.45, 2.75) is 64.0 Å². The monoisotopic (exact) mass is 478 g/mol.